The highest BCUT2D eigenvalue weighted by atomic mass is 16.5. The molecule has 1 fully saturated rings. The van der Waals surface area contributed by atoms with Crippen LogP contribution in [0.3, 0.4) is 0 Å². The molecular weight excluding hydrogens is 268 g/mol. The van der Waals surface area contributed by atoms with Gasteiger partial charge in [0.25, 0.3) is 0 Å². The zero-order valence-corrected chi connectivity index (χ0v) is 11.7. The number of nitrogens with one attached hydrogen (secondary N) is 1. The van der Waals surface area contributed by atoms with Crippen LogP contribution in [-0.4, -0.2) is 35.8 Å². The topological polar surface area (TPSA) is 71.5 Å². The van der Waals surface area contributed by atoms with Gasteiger partial charge in [0.15, 0.2) is 0 Å². The van der Waals surface area contributed by atoms with Crippen LogP contribution in [0.15, 0.2) is 30.5 Å². The summed E-state index contributed by atoms with van der Waals surface area (Å²) in [4.78, 5) is 15.5. The minimum Gasteiger partial charge on any atom is -0.478 e. The van der Waals surface area contributed by atoms with E-state index in [0.29, 0.717) is 11.3 Å². The van der Waals surface area contributed by atoms with Crippen LogP contribution in [0.5, 0.6) is 0 Å². The average molecular weight is 286 g/mol. The predicted molar refractivity (Wildman–Crippen MR) is 80.7 cm³/mol. The summed E-state index contributed by atoms with van der Waals surface area (Å²) in [6, 6.07) is 7.45. The largest absolute Gasteiger partial charge is 0.478 e. The molecule has 0 saturated carbocycles. The van der Waals surface area contributed by atoms with Crippen LogP contribution in [0.4, 0.5) is 5.82 Å². The standard InChI is InChI=1S/C16H18N2O3/c19-16(20)14-9-18-15(13-4-2-1-3-12(13)14)17-7-5-11-6-8-21-10-11/h1-4,9,11H,5-8,10H2,(H,17,18)(H,19,20). The second kappa shape index (κ2) is 6.10. The number of fused-ring (bicyclic) bond motifs is 1. The molecule has 2 aromatic rings. The Kier molecular flexibility index (Phi) is 4.01. The summed E-state index contributed by atoms with van der Waals surface area (Å²) in [6.45, 7) is 2.52. The van der Waals surface area contributed by atoms with E-state index < -0.39 is 5.97 Å². The molecule has 3 rings (SSSR count). The van der Waals surface area contributed by atoms with Crippen LogP contribution in [0, 0.1) is 5.92 Å². The maximum absolute atomic E-state index is 11.2. The number of rotatable bonds is 5. The van der Waals surface area contributed by atoms with Gasteiger partial charge in [-0.25, -0.2) is 9.78 Å². The minimum atomic E-state index is -0.951. The monoisotopic (exact) mass is 286 g/mol. The molecule has 1 aliphatic rings. The molecule has 1 aromatic carbocycles. The first kappa shape index (κ1) is 13.8. The van der Waals surface area contributed by atoms with Crippen molar-refractivity contribution in [3.05, 3.63) is 36.0 Å². The lowest BCUT2D eigenvalue weighted by Gasteiger charge is -2.12. The third-order valence-corrected chi connectivity index (χ3v) is 3.89. The highest BCUT2D eigenvalue weighted by Gasteiger charge is 2.16. The highest BCUT2D eigenvalue weighted by molar-refractivity contribution is 6.06. The van der Waals surface area contributed by atoms with Gasteiger partial charge < -0.3 is 15.2 Å². The molecule has 2 N–H and O–H groups in total. The molecule has 5 heteroatoms. The smallest absolute Gasteiger partial charge is 0.337 e. The van der Waals surface area contributed by atoms with E-state index in [0.717, 1.165) is 43.8 Å². The number of anilines is 1. The summed E-state index contributed by atoms with van der Waals surface area (Å²) < 4.78 is 5.36. The molecule has 5 nitrogen and oxygen atoms in total. The summed E-state index contributed by atoms with van der Waals surface area (Å²) in [5.41, 5.74) is 0.236. The van der Waals surface area contributed by atoms with E-state index in [2.05, 4.69) is 10.3 Å². The van der Waals surface area contributed by atoms with Gasteiger partial charge in [-0.05, 0) is 18.8 Å². The van der Waals surface area contributed by atoms with Gasteiger partial charge >= 0.3 is 5.97 Å². The molecule has 21 heavy (non-hydrogen) atoms. The Morgan fingerprint density at radius 1 is 1.38 bits per heavy atom. The van der Waals surface area contributed by atoms with E-state index in [4.69, 9.17) is 4.74 Å². The second-order valence-corrected chi connectivity index (χ2v) is 5.32. The van der Waals surface area contributed by atoms with Gasteiger partial charge in [-0.1, -0.05) is 24.3 Å². The van der Waals surface area contributed by atoms with Crippen molar-refractivity contribution in [2.75, 3.05) is 25.1 Å². The Balaban J connectivity index is 1.79. The average Bonchev–Trinajstić information content (AvgIpc) is 3.00. The molecule has 1 aliphatic heterocycles. The third-order valence-electron chi connectivity index (χ3n) is 3.89. The van der Waals surface area contributed by atoms with Gasteiger partial charge in [-0.3, -0.25) is 0 Å². The SMILES string of the molecule is O=C(O)c1cnc(NCCC2CCOC2)c2ccccc12. The zero-order chi connectivity index (χ0) is 14.7. The van der Waals surface area contributed by atoms with Crippen LogP contribution in [0.1, 0.15) is 23.2 Å². The van der Waals surface area contributed by atoms with E-state index in [9.17, 15) is 9.90 Å². The number of carboxylic acids is 1. The molecule has 0 bridgehead atoms. The van der Waals surface area contributed by atoms with Crippen molar-refractivity contribution in [1.29, 1.82) is 0 Å². The van der Waals surface area contributed by atoms with E-state index >= 15 is 0 Å². The zero-order valence-electron chi connectivity index (χ0n) is 11.7. The van der Waals surface area contributed by atoms with E-state index in [1.54, 1.807) is 0 Å². The van der Waals surface area contributed by atoms with Gasteiger partial charge in [0.2, 0.25) is 0 Å². The number of pyridine rings is 1. The number of benzene rings is 1. The van der Waals surface area contributed by atoms with Crippen LogP contribution in [-0.2, 0) is 4.74 Å². The van der Waals surface area contributed by atoms with E-state index in [-0.39, 0.29) is 5.56 Å². The molecular formula is C16H18N2O3. The van der Waals surface area contributed by atoms with Crippen molar-refractivity contribution in [2.45, 2.75) is 12.8 Å². The molecule has 1 aromatic heterocycles. The fourth-order valence-electron chi connectivity index (χ4n) is 2.71. The number of aromatic carboxylic acids is 1. The number of carboxylic acid groups (broad SMARTS) is 1. The quantitative estimate of drug-likeness (QED) is 0.884. The Morgan fingerprint density at radius 2 is 2.19 bits per heavy atom. The Labute approximate surface area is 123 Å². The van der Waals surface area contributed by atoms with Crippen LogP contribution < -0.4 is 5.32 Å². The molecule has 110 valence electrons. The molecule has 0 aliphatic carbocycles. The number of carbonyl (C=O) groups is 1. The predicted octanol–water partition coefficient (Wildman–Crippen LogP) is 2.77. The van der Waals surface area contributed by atoms with Gasteiger partial charge in [0.1, 0.15) is 5.82 Å². The first-order chi connectivity index (χ1) is 10.3. The second-order valence-electron chi connectivity index (χ2n) is 5.32. The normalized spacial score (nSPS) is 18.0. The number of ether oxygens (including phenoxy) is 1. The van der Waals surface area contributed by atoms with Crippen LogP contribution in [0.2, 0.25) is 0 Å². The summed E-state index contributed by atoms with van der Waals surface area (Å²) in [7, 11) is 0. The molecule has 0 spiro atoms. The van der Waals surface area contributed by atoms with Gasteiger partial charge in [-0.15, -0.1) is 0 Å². The Morgan fingerprint density at radius 3 is 2.90 bits per heavy atom. The lowest BCUT2D eigenvalue weighted by Crippen LogP contribution is -2.11. The maximum Gasteiger partial charge on any atom is 0.337 e. The number of hydrogen-bond acceptors (Lipinski definition) is 4. The molecule has 1 saturated heterocycles. The molecule has 2 heterocycles. The van der Waals surface area contributed by atoms with Gasteiger partial charge in [-0.2, -0.15) is 0 Å². The van der Waals surface area contributed by atoms with Crippen molar-refractivity contribution in [1.82, 2.24) is 4.98 Å². The van der Waals surface area contributed by atoms with Gasteiger partial charge in [0.05, 0.1) is 5.56 Å². The summed E-state index contributed by atoms with van der Waals surface area (Å²) in [5.74, 6) is 0.407. The molecule has 0 radical (unpaired) electrons. The number of hydrogen-bond donors (Lipinski definition) is 2. The van der Waals surface area contributed by atoms with Crippen molar-refractivity contribution in [3.63, 3.8) is 0 Å². The lowest BCUT2D eigenvalue weighted by molar-refractivity contribution is 0.0698. The number of aromatic nitrogens is 1. The highest BCUT2D eigenvalue weighted by Crippen LogP contribution is 2.25. The fraction of sp³-hybridized carbons (Fsp3) is 0.375. The lowest BCUT2D eigenvalue weighted by atomic mass is 10.0. The van der Waals surface area contributed by atoms with Crippen LogP contribution >= 0.6 is 0 Å². The van der Waals surface area contributed by atoms with Crippen molar-refractivity contribution in [2.24, 2.45) is 5.92 Å². The molecule has 1 atom stereocenters. The van der Waals surface area contributed by atoms with E-state index in [1.165, 1.54) is 6.20 Å². The minimum absolute atomic E-state index is 0.236. The van der Waals surface area contributed by atoms with Crippen LogP contribution in [0.25, 0.3) is 10.8 Å². The van der Waals surface area contributed by atoms with Gasteiger partial charge in [0, 0.05) is 36.7 Å². The first-order valence-electron chi connectivity index (χ1n) is 7.18. The third kappa shape index (κ3) is 2.97. The Hall–Kier alpha value is -2.14. The Bertz CT molecular complexity index is 651. The summed E-state index contributed by atoms with van der Waals surface area (Å²) >= 11 is 0. The van der Waals surface area contributed by atoms with Crippen molar-refractivity contribution >= 4 is 22.6 Å². The fourth-order valence-corrected chi connectivity index (χ4v) is 2.71. The summed E-state index contributed by atoms with van der Waals surface area (Å²) in [5, 5.41) is 14.1. The van der Waals surface area contributed by atoms with E-state index in [1.807, 2.05) is 24.3 Å². The van der Waals surface area contributed by atoms with Crippen molar-refractivity contribution < 1.29 is 14.6 Å². The molecule has 0 amide bonds. The number of nitrogens with zero attached hydrogens (tertiary/aromatic N) is 1. The summed E-state index contributed by atoms with van der Waals surface area (Å²) in [6.07, 6.45) is 3.58. The first-order valence-corrected chi connectivity index (χ1v) is 7.18. The maximum atomic E-state index is 11.2. The molecule has 1 unspecified atom stereocenters. The van der Waals surface area contributed by atoms with Crippen molar-refractivity contribution in [3.8, 4) is 0 Å².